The van der Waals surface area contributed by atoms with E-state index >= 15 is 0 Å². The van der Waals surface area contributed by atoms with Crippen LogP contribution in [0, 0.1) is 11.6 Å². The van der Waals surface area contributed by atoms with Crippen LogP contribution in [0.15, 0.2) is 46.9 Å². The zero-order valence-electron chi connectivity index (χ0n) is 33.6. The van der Waals surface area contributed by atoms with E-state index in [0.29, 0.717) is 64.8 Å². The summed E-state index contributed by atoms with van der Waals surface area (Å²) in [5, 5.41) is 22.0. The highest BCUT2D eigenvalue weighted by molar-refractivity contribution is 7.89. The fourth-order valence-corrected chi connectivity index (χ4v) is 5.66. The number of sulfonamides is 1. The van der Waals surface area contributed by atoms with Gasteiger partial charge in [0, 0.05) is 33.2 Å². The number of amides is 1. The summed E-state index contributed by atoms with van der Waals surface area (Å²) in [7, 11) is -2.45. The Morgan fingerprint density at radius 3 is 1.69 bits per heavy atom. The molecule has 4 N–H and O–H groups in total. The molecule has 2 aromatic carbocycles. The largest absolute Gasteiger partial charge is 0.451 e. The number of nitrogens with one attached hydrogen (secondary N) is 2. The van der Waals surface area contributed by atoms with Crippen LogP contribution >= 0.6 is 0 Å². The van der Waals surface area contributed by atoms with Crippen LogP contribution < -0.4 is 14.8 Å². The summed E-state index contributed by atoms with van der Waals surface area (Å²) < 4.78 is 99.3. The van der Waals surface area contributed by atoms with Crippen molar-refractivity contribution in [1.82, 2.24) is 10.0 Å². The van der Waals surface area contributed by atoms with Gasteiger partial charge in [-0.2, -0.15) is 0 Å². The second-order valence-corrected chi connectivity index (χ2v) is 14.4. The molecule has 1 amide bonds. The van der Waals surface area contributed by atoms with Gasteiger partial charge in [-0.1, -0.05) is 0 Å². The van der Waals surface area contributed by atoms with Gasteiger partial charge in [0.2, 0.25) is 10.0 Å². The van der Waals surface area contributed by atoms with E-state index in [1.807, 2.05) is 0 Å². The first kappa shape index (κ1) is 51.3. The summed E-state index contributed by atoms with van der Waals surface area (Å²) in [6, 6.07) is 7.06. The third-order valence-electron chi connectivity index (χ3n) is 7.93. The van der Waals surface area contributed by atoms with E-state index in [-0.39, 0.29) is 74.5 Å². The number of methoxy groups -OCH3 is 1. The number of aliphatic hydroxyl groups excluding tert-OH is 2. The maximum Gasteiger partial charge on any atom is 0.252 e. The first-order valence-electron chi connectivity index (χ1n) is 18.8. The van der Waals surface area contributed by atoms with Gasteiger partial charge in [0.1, 0.15) is 11.9 Å². The first-order valence-corrected chi connectivity index (χ1v) is 20.3. The normalized spacial score (nSPS) is 13.0. The predicted molar refractivity (Wildman–Crippen MR) is 208 cm³/mol. The van der Waals surface area contributed by atoms with Gasteiger partial charge < -0.3 is 53.4 Å². The monoisotopic (exact) mass is 862 g/mol. The number of carbonyl (C=O) groups excluding carboxylic acids is 3. The highest BCUT2D eigenvalue weighted by Gasteiger charge is 2.29. The van der Waals surface area contributed by atoms with E-state index < -0.39 is 51.3 Å². The number of carbonyl (C=O) groups is 3. The van der Waals surface area contributed by atoms with Crippen LogP contribution in [0.3, 0.4) is 0 Å². The molecule has 0 spiro atoms. The third kappa shape index (κ3) is 21.3. The lowest BCUT2D eigenvalue weighted by Gasteiger charge is -2.16. The van der Waals surface area contributed by atoms with Gasteiger partial charge >= 0.3 is 0 Å². The minimum absolute atomic E-state index is 0.00738. The number of benzene rings is 2. The van der Waals surface area contributed by atoms with Gasteiger partial charge in [0.25, 0.3) is 5.91 Å². The van der Waals surface area contributed by atoms with Crippen molar-refractivity contribution in [2.24, 2.45) is 0 Å². The lowest BCUT2D eigenvalue weighted by Crippen LogP contribution is -2.46. The predicted octanol–water partition coefficient (Wildman–Crippen LogP) is 1.96. The van der Waals surface area contributed by atoms with Crippen molar-refractivity contribution in [2.45, 2.75) is 43.8 Å². The molecule has 2 atom stereocenters. The topological polar surface area (TPSA) is 224 Å². The maximum atomic E-state index is 14.6. The van der Waals surface area contributed by atoms with Crippen molar-refractivity contribution in [3.05, 3.63) is 59.2 Å². The smallest absolute Gasteiger partial charge is 0.252 e. The van der Waals surface area contributed by atoms with Gasteiger partial charge in [0.15, 0.2) is 35.1 Å². The molecule has 0 aliphatic rings. The quantitative estimate of drug-likeness (QED) is 0.0583. The van der Waals surface area contributed by atoms with Crippen LogP contribution in [0.4, 0.5) is 8.78 Å². The van der Waals surface area contributed by atoms with Crippen molar-refractivity contribution in [1.29, 1.82) is 0 Å². The molecule has 59 heavy (non-hydrogen) atoms. The minimum atomic E-state index is -3.89. The number of rotatable bonds is 34. The minimum Gasteiger partial charge on any atom is -0.451 e. The fourth-order valence-electron chi connectivity index (χ4n) is 4.65. The van der Waals surface area contributed by atoms with Gasteiger partial charge in [-0.05, 0) is 73.9 Å². The highest BCUT2D eigenvalue weighted by atomic mass is 32.2. The molecule has 0 saturated heterocycles. The van der Waals surface area contributed by atoms with Gasteiger partial charge in [-0.25, -0.2) is 21.9 Å². The first-order chi connectivity index (χ1) is 28.3. The summed E-state index contributed by atoms with van der Waals surface area (Å²) in [5.41, 5.74) is 0.483. The molecule has 0 aliphatic carbocycles. The van der Waals surface area contributed by atoms with Crippen LogP contribution in [0.2, 0.25) is 0 Å². The summed E-state index contributed by atoms with van der Waals surface area (Å²) in [6.07, 6.45) is -2.06. The van der Waals surface area contributed by atoms with Gasteiger partial charge in [0.05, 0.1) is 84.2 Å². The second-order valence-electron chi connectivity index (χ2n) is 12.6. The molecule has 0 aromatic heterocycles. The Bertz CT molecular complexity index is 1670. The number of halogens is 2. The van der Waals surface area contributed by atoms with Crippen LogP contribution in [0.25, 0.3) is 6.08 Å². The summed E-state index contributed by atoms with van der Waals surface area (Å²) in [6.45, 7) is 6.76. The number of hydrogen-bond acceptors (Lipinski definition) is 15. The number of allylic oxidation sites excluding steroid dienone is 1. The Hall–Kier alpha value is -3.80. The van der Waals surface area contributed by atoms with E-state index in [2.05, 4.69) is 10.0 Å². The van der Waals surface area contributed by atoms with E-state index in [1.54, 1.807) is 0 Å². The van der Waals surface area contributed by atoms with Crippen molar-refractivity contribution < 1.29 is 79.7 Å². The number of Topliss-reactive ketones (excluding diaryl/α,β-unsaturated/α-hetero) is 2. The summed E-state index contributed by atoms with van der Waals surface area (Å²) in [4.78, 5) is 35.0. The molecule has 2 aromatic rings. The van der Waals surface area contributed by atoms with E-state index in [4.69, 9.17) is 37.9 Å². The maximum absolute atomic E-state index is 14.6. The molecular formula is C39H56F2N2O15S. The molecule has 0 bridgehead atoms. The van der Waals surface area contributed by atoms with E-state index in [9.17, 15) is 41.8 Å². The molecule has 20 heteroatoms. The molecule has 2 rings (SSSR count). The number of hydrogen-bond donors (Lipinski definition) is 4. The van der Waals surface area contributed by atoms with Crippen molar-refractivity contribution in [3.63, 3.8) is 0 Å². The molecular weight excluding hydrogens is 806 g/mol. The number of ketones is 2. The van der Waals surface area contributed by atoms with Crippen molar-refractivity contribution in [2.75, 3.05) is 106 Å². The lowest BCUT2D eigenvalue weighted by molar-refractivity contribution is -0.145. The molecule has 0 radical (unpaired) electrons. The summed E-state index contributed by atoms with van der Waals surface area (Å²) in [5.74, 6) is -4.37. The Morgan fingerprint density at radius 1 is 0.712 bits per heavy atom. The Morgan fingerprint density at radius 2 is 1.20 bits per heavy atom. The SMILES string of the molecule is COCCNC(=O)[C@H](O)[C@@H](O)C(=O)CCCOCCOCCOCCOCCOCCOCCNS(=O)(=O)c1ccc(Oc2c(F)cc(/C=C(\C)C(C)=O)cc2F)cc1. The van der Waals surface area contributed by atoms with Crippen LogP contribution in [-0.4, -0.2) is 154 Å². The van der Waals surface area contributed by atoms with Crippen molar-refractivity contribution >= 4 is 33.6 Å². The molecule has 17 nitrogen and oxygen atoms in total. The Balaban J connectivity index is 1.42. The molecule has 332 valence electrons. The zero-order valence-corrected chi connectivity index (χ0v) is 34.4. The molecule has 0 saturated carbocycles. The average Bonchev–Trinajstić information content (AvgIpc) is 3.20. The molecule has 0 fully saturated rings. The lowest BCUT2D eigenvalue weighted by atomic mass is 10.1. The summed E-state index contributed by atoms with van der Waals surface area (Å²) >= 11 is 0. The second kappa shape index (κ2) is 29.4. The standard InChI is InChI=1S/C39H56F2N2O15S/c1-28(29(2)44)25-30-26-33(40)38(34(41)27-30)58-31-6-8-32(9-7-31)59(49,50)43-11-14-53-16-18-55-20-22-57-24-23-56-21-19-54-17-15-52-12-4-5-35(45)36(46)37(47)39(48)42-10-13-51-3/h6-9,25-27,36-37,43,46-47H,4-5,10-24H2,1-3H3,(H,42,48)/b28-25+/t36-,37+/m0/s1. The van der Waals surface area contributed by atoms with Crippen LogP contribution in [0.1, 0.15) is 32.3 Å². The molecule has 0 aliphatic heterocycles. The number of aliphatic hydroxyl groups is 2. The van der Waals surface area contributed by atoms with E-state index in [0.717, 1.165) is 12.1 Å². The average molecular weight is 863 g/mol. The third-order valence-corrected chi connectivity index (χ3v) is 9.40. The highest BCUT2D eigenvalue weighted by Crippen LogP contribution is 2.30. The Labute approximate surface area is 343 Å². The van der Waals surface area contributed by atoms with Gasteiger partial charge in [-0.3, -0.25) is 14.4 Å². The fraction of sp³-hybridized carbons (Fsp3) is 0.564. The van der Waals surface area contributed by atoms with Gasteiger partial charge in [-0.15, -0.1) is 0 Å². The number of ether oxygens (including phenoxy) is 8. The van der Waals surface area contributed by atoms with Crippen LogP contribution in [-0.2, 0) is 57.6 Å². The van der Waals surface area contributed by atoms with Crippen molar-refractivity contribution in [3.8, 4) is 11.5 Å². The molecule has 0 unspecified atom stereocenters. The molecule has 0 heterocycles. The Kier molecular flexibility index (Phi) is 25.6. The van der Waals surface area contributed by atoms with E-state index in [1.165, 1.54) is 51.3 Å². The zero-order chi connectivity index (χ0) is 43.5. The van der Waals surface area contributed by atoms with Crippen LogP contribution in [0.5, 0.6) is 11.5 Å².